The summed E-state index contributed by atoms with van der Waals surface area (Å²) in [6.45, 7) is 4.76. The van der Waals surface area contributed by atoms with Crippen LogP contribution in [0.3, 0.4) is 0 Å². The van der Waals surface area contributed by atoms with Gasteiger partial charge in [0.25, 0.3) is 0 Å². The average molecular weight is 407 g/mol. The zero-order valence-corrected chi connectivity index (χ0v) is 17.5. The number of carbonyl (C=O) groups is 2. The van der Waals surface area contributed by atoms with Crippen molar-refractivity contribution >= 4 is 11.7 Å². The van der Waals surface area contributed by atoms with Crippen LogP contribution in [0.2, 0.25) is 0 Å². The Hall–Kier alpha value is -2.66. The van der Waals surface area contributed by atoms with Crippen LogP contribution in [0.15, 0.2) is 54.6 Å². The van der Waals surface area contributed by atoms with Gasteiger partial charge < -0.3 is 9.64 Å². The number of Topliss-reactive ketones (excluding diaryl/α,β-unsaturated/α-hetero) is 1. The smallest absolute Gasteiger partial charge is 0.225 e. The summed E-state index contributed by atoms with van der Waals surface area (Å²) in [4.78, 5) is 29.2. The molecule has 0 atom stereocenters. The third kappa shape index (κ3) is 5.28. The number of likely N-dealkylation sites (tertiary alicyclic amines) is 2. The molecule has 0 saturated carbocycles. The number of ketones is 1. The minimum atomic E-state index is -0.0222. The highest BCUT2D eigenvalue weighted by atomic mass is 16.5. The van der Waals surface area contributed by atoms with Gasteiger partial charge >= 0.3 is 0 Å². The summed E-state index contributed by atoms with van der Waals surface area (Å²) < 4.78 is 5.65. The standard InChI is InChI=1S/C25H30N2O3/c28-24(21-6-2-1-3-7-21)19-30-23-10-8-20(9-11-23)18-26-16-12-22(13-17-26)25(29)27-14-4-5-15-27/h1-3,6-11,22H,4-5,12-19H2. The van der Waals surface area contributed by atoms with Gasteiger partial charge in [-0.15, -0.1) is 0 Å². The molecule has 158 valence electrons. The van der Waals surface area contributed by atoms with Crippen molar-refractivity contribution in [1.29, 1.82) is 0 Å². The van der Waals surface area contributed by atoms with Gasteiger partial charge in [0, 0.05) is 31.1 Å². The third-order valence-electron chi connectivity index (χ3n) is 6.15. The van der Waals surface area contributed by atoms with Crippen molar-refractivity contribution in [3.8, 4) is 5.75 Å². The van der Waals surface area contributed by atoms with E-state index in [9.17, 15) is 9.59 Å². The number of hydrogen-bond acceptors (Lipinski definition) is 4. The van der Waals surface area contributed by atoms with Gasteiger partial charge in [0.1, 0.15) is 5.75 Å². The molecule has 2 aromatic carbocycles. The van der Waals surface area contributed by atoms with E-state index in [1.54, 1.807) is 12.1 Å². The Balaban J connectivity index is 1.21. The van der Waals surface area contributed by atoms with Gasteiger partial charge in [0.15, 0.2) is 12.4 Å². The number of benzene rings is 2. The van der Waals surface area contributed by atoms with Crippen molar-refractivity contribution in [2.24, 2.45) is 5.92 Å². The highest BCUT2D eigenvalue weighted by Crippen LogP contribution is 2.23. The Labute approximate surface area is 178 Å². The summed E-state index contributed by atoms with van der Waals surface area (Å²) in [6.07, 6.45) is 4.23. The van der Waals surface area contributed by atoms with E-state index in [-0.39, 0.29) is 18.3 Å². The highest BCUT2D eigenvalue weighted by Gasteiger charge is 2.29. The van der Waals surface area contributed by atoms with E-state index < -0.39 is 0 Å². The zero-order chi connectivity index (χ0) is 20.8. The largest absolute Gasteiger partial charge is 0.485 e. The first-order valence-corrected chi connectivity index (χ1v) is 11.0. The topological polar surface area (TPSA) is 49.9 Å². The van der Waals surface area contributed by atoms with Crippen molar-refractivity contribution in [1.82, 2.24) is 9.80 Å². The molecule has 2 aliphatic rings. The lowest BCUT2D eigenvalue weighted by atomic mass is 9.95. The van der Waals surface area contributed by atoms with Crippen LogP contribution in [0.4, 0.5) is 0 Å². The van der Waals surface area contributed by atoms with Crippen molar-refractivity contribution in [2.75, 3.05) is 32.8 Å². The molecule has 1 amide bonds. The molecule has 4 rings (SSSR count). The molecule has 0 bridgehead atoms. The fourth-order valence-corrected chi connectivity index (χ4v) is 4.34. The van der Waals surface area contributed by atoms with E-state index in [2.05, 4.69) is 21.9 Å². The fourth-order valence-electron chi connectivity index (χ4n) is 4.34. The average Bonchev–Trinajstić information content (AvgIpc) is 3.34. The maximum Gasteiger partial charge on any atom is 0.225 e. The first-order valence-electron chi connectivity index (χ1n) is 11.0. The summed E-state index contributed by atoms with van der Waals surface area (Å²) in [5, 5.41) is 0. The lowest BCUT2D eigenvalue weighted by Gasteiger charge is -2.33. The predicted molar refractivity (Wildman–Crippen MR) is 117 cm³/mol. The Morgan fingerprint density at radius 2 is 1.53 bits per heavy atom. The number of carbonyl (C=O) groups excluding carboxylic acids is 2. The number of ether oxygens (including phenoxy) is 1. The number of piperidine rings is 1. The third-order valence-corrected chi connectivity index (χ3v) is 6.15. The van der Waals surface area contributed by atoms with E-state index in [4.69, 9.17) is 4.74 Å². The van der Waals surface area contributed by atoms with Crippen LogP contribution >= 0.6 is 0 Å². The lowest BCUT2D eigenvalue weighted by Crippen LogP contribution is -2.41. The Bertz CT molecular complexity index is 836. The van der Waals surface area contributed by atoms with Gasteiger partial charge in [-0.1, -0.05) is 42.5 Å². The van der Waals surface area contributed by atoms with E-state index in [1.807, 2.05) is 30.3 Å². The lowest BCUT2D eigenvalue weighted by molar-refractivity contribution is -0.136. The van der Waals surface area contributed by atoms with Gasteiger partial charge in [0.05, 0.1) is 0 Å². The van der Waals surface area contributed by atoms with Crippen molar-refractivity contribution < 1.29 is 14.3 Å². The first kappa shape index (κ1) is 20.6. The van der Waals surface area contributed by atoms with Crippen LogP contribution in [0.1, 0.15) is 41.6 Å². The molecule has 0 aromatic heterocycles. The molecule has 30 heavy (non-hydrogen) atoms. The van der Waals surface area contributed by atoms with Crippen molar-refractivity contribution in [2.45, 2.75) is 32.2 Å². The number of hydrogen-bond donors (Lipinski definition) is 0. The molecule has 0 N–H and O–H groups in total. The number of rotatable bonds is 7. The second-order valence-electron chi connectivity index (χ2n) is 8.30. The second kappa shape index (κ2) is 9.90. The minimum absolute atomic E-state index is 0.0222. The van der Waals surface area contributed by atoms with Crippen LogP contribution in [-0.4, -0.2) is 54.3 Å². The molecule has 0 unspecified atom stereocenters. The van der Waals surface area contributed by atoms with Crippen LogP contribution in [0.5, 0.6) is 5.75 Å². The highest BCUT2D eigenvalue weighted by molar-refractivity contribution is 5.97. The predicted octanol–water partition coefficient (Wildman–Crippen LogP) is 3.78. The Morgan fingerprint density at radius 3 is 2.20 bits per heavy atom. The molecule has 2 fully saturated rings. The monoisotopic (exact) mass is 406 g/mol. The molecular formula is C25H30N2O3. The zero-order valence-electron chi connectivity index (χ0n) is 17.5. The van der Waals surface area contributed by atoms with Gasteiger partial charge in [-0.2, -0.15) is 0 Å². The van der Waals surface area contributed by atoms with Crippen LogP contribution in [0.25, 0.3) is 0 Å². The summed E-state index contributed by atoms with van der Waals surface area (Å²) >= 11 is 0. The minimum Gasteiger partial charge on any atom is -0.485 e. The van der Waals surface area contributed by atoms with E-state index >= 15 is 0 Å². The van der Waals surface area contributed by atoms with Gasteiger partial charge in [-0.25, -0.2) is 0 Å². The Morgan fingerprint density at radius 1 is 0.867 bits per heavy atom. The Kier molecular flexibility index (Phi) is 6.80. The summed E-state index contributed by atoms with van der Waals surface area (Å²) in [5.41, 5.74) is 1.89. The van der Waals surface area contributed by atoms with Crippen molar-refractivity contribution in [3.05, 3.63) is 65.7 Å². The summed E-state index contributed by atoms with van der Waals surface area (Å²) in [7, 11) is 0. The normalized spacial score (nSPS) is 17.8. The second-order valence-corrected chi connectivity index (χ2v) is 8.30. The molecular weight excluding hydrogens is 376 g/mol. The maximum atomic E-state index is 12.6. The molecule has 0 radical (unpaired) electrons. The number of nitrogens with zero attached hydrogens (tertiary/aromatic N) is 2. The summed E-state index contributed by atoms with van der Waals surface area (Å²) in [5.74, 6) is 1.26. The quantitative estimate of drug-likeness (QED) is 0.657. The molecule has 0 aliphatic carbocycles. The van der Waals surface area contributed by atoms with E-state index in [0.717, 1.165) is 58.4 Å². The maximum absolute atomic E-state index is 12.6. The van der Waals surface area contributed by atoms with E-state index in [1.165, 1.54) is 5.56 Å². The number of amides is 1. The summed E-state index contributed by atoms with van der Waals surface area (Å²) in [6, 6.07) is 17.2. The first-order chi connectivity index (χ1) is 14.7. The SMILES string of the molecule is O=C(COc1ccc(CN2CCC(C(=O)N3CCCC3)CC2)cc1)c1ccccc1. The molecule has 2 aliphatic heterocycles. The van der Waals surface area contributed by atoms with Crippen LogP contribution in [0, 0.1) is 5.92 Å². The van der Waals surface area contributed by atoms with Gasteiger partial charge in [0.2, 0.25) is 5.91 Å². The van der Waals surface area contributed by atoms with Gasteiger partial charge in [-0.05, 0) is 56.5 Å². The molecule has 0 spiro atoms. The van der Waals surface area contributed by atoms with Crippen LogP contribution in [-0.2, 0) is 11.3 Å². The molecule has 2 aromatic rings. The molecule has 2 heterocycles. The van der Waals surface area contributed by atoms with Gasteiger partial charge in [-0.3, -0.25) is 14.5 Å². The fraction of sp³-hybridized carbons (Fsp3) is 0.440. The van der Waals surface area contributed by atoms with Crippen molar-refractivity contribution in [3.63, 3.8) is 0 Å². The molecule has 2 saturated heterocycles. The molecule has 5 nitrogen and oxygen atoms in total. The van der Waals surface area contributed by atoms with E-state index in [0.29, 0.717) is 17.2 Å². The molecule has 5 heteroatoms. The van der Waals surface area contributed by atoms with Crippen LogP contribution < -0.4 is 4.74 Å².